The Balaban J connectivity index is 2.36. The molecule has 100 valence electrons. The molecule has 1 aromatic heterocycles. The molecule has 6 heteroatoms. The van der Waals surface area contributed by atoms with Gasteiger partial charge in [-0.15, -0.1) is 0 Å². The summed E-state index contributed by atoms with van der Waals surface area (Å²) in [6.07, 6.45) is 2.84. The van der Waals surface area contributed by atoms with E-state index in [9.17, 15) is 0 Å². The minimum atomic E-state index is 0.504. The first-order chi connectivity index (χ1) is 9.11. The maximum Gasteiger partial charge on any atom is 0.161 e. The lowest BCUT2D eigenvalue weighted by molar-refractivity contribution is 0.963. The van der Waals surface area contributed by atoms with Crippen LogP contribution < -0.4 is 5.32 Å². The van der Waals surface area contributed by atoms with E-state index in [1.165, 1.54) is 0 Å². The predicted octanol–water partition coefficient (Wildman–Crippen LogP) is 4.88. The first-order valence-corrected chi connectivity index (χ1v) is 7.67. The summed E-state index contributed by atoms with van der Waals surface area (Å²) in [5.41, 5.74) is 0.852. The van der Waals surface area contributed by atoms with Crippen LogP contribution in [-0.2, 0) is 0 Å². The second-order valence-corrected chi connectivity index (χ2v) is 5.92. The fourth-order valence-electron chi connectivity index (χ4n) is 1.51. The van der Waals surface area contributed by atoms with Crippen molar-refractivity contribution in [3.63, 3.8) is 0 Å². The molecule has 0 unspecified atom stereocenters. The Bertz CT molecular complexity index is 590. The van der Waals surface area contributed by atoms with E-state index in [-0.39, 0.29) is 0 Å². The van der Waals surface area contributed by atoms with Gasteiger partial charge in [0.1, 0.15) is 5.82 Å². The van der Waals surface area contributed by atoms with Gasteiger partial charge in [0.2, 0.25) is 0 Å². The number of aromatic nitrogens is 2. The van der Waals surface area contributed by atoms with E-state index in [4.69, 9.17) is 23.2 Å². The van der Waals surface area contributed by atoms with E-state index in [1.807, 2.05) is 6.07 Å². The summed E-state index contributed by atoms with van der Waals surface area (Å²) >= 11 is 14.1. The molecule has 0 aliphatic heterocycles. The monoisotopic (exact) mass is 407 g/mol. The number of nitrogens with zero attached hydrogens (tertiary/aromatic N) is 2. The van der Waals surface area contributed by atoms with E-state index in [1.54, 1.807) is 18.3 Å². The number of hydrogen-bond donors (Lipinski definition) is 1. The average molecular weight is 408 g/mol. The van der Waals surface area contributed by atoms with Crippen molar-refractivity contribution in [3.05, 3.63) is 38.0 Å². The van der Waals surface area contributed by atoms with Crippen LogP contribution in [-0.4, -0.2) is 16.5 Å². The average Bonchev–Trinajstić information content (AvgIpc) is 2.41. The van der Waals surface area contributed by atoms with Gasteiger partial charge in [-0.25, -0.2) is 9.97 Å². The van der Waals surface area contributed by atoms with E-state index < -0.39 is 0 Å². The zero-order valence-electron chi connectivity index (χ0n) is 10.3. The summed E-state index contributed by atoms with van der Waals surface area (Å²) in [6.45, 7) is 2.99. The van der Waals surface area contributed by atoms with E-state index >= 15 is 0 Å². The zero-order valence-corrected chi connectivity index (χ0v) is 13.9. The standard InChI is InChI=1S/C13H12Cl2IN3/c1-2-5-17-13-11(16)7-18-12(19-13)8-3-4-9(14)10(15)6-8/h3-4,6-7H,2,5H2,1H3,(H,17,18,19). The quantitative estimate of drug-likeness (QED) is 0.734. The van der Waals surface area contributed by atoms with Gasteiger partial charge in [-0.1, -0.05) is 30.1 Å². The largest absolute Gasteiger partial charge is 0.369 e. The van der Waals surface area contributed by atoms with Gasteiger partial charge in [-0.2, -0.15) is 0 Å². The fraction of sp³-hybridized carbons (Fsp3) is 0.231. The molecule has 19 heavy (non-hydrogen) atoms. The van der Waals surface area contributed by atoms with Gasteiger partial charge in [-0.3, -0.25) is 0 Å². The van der Waals surface area contributed by atoms with Gasteiger partial charge >= 0.3 is 0 Å². The Morgan fingerprint density at radius 1 is 1.26 bits per heavy atom. The fourth-order valence-corrected chi connectivity index (χ4v) is 2.26. The smallest absolute Gasteiger partial charge is 0.161 e. The molecule has 0 bridgehead atoms. The highest BCUT2D eigenvalue weighted by atomic mass is 127. The van der Waals surface area contributed by atoms with Gasteiger partial charge in [0.25, 0.3) is 0 Å². The van der Waals surface area contributed by atoms with Crippen molar-refractivity contribution in [1.29, 1.82) is 0 Å². The SMILES string of the molecule is CCCNc1nc(-c2ccc(Cl)c(Cl)c2)ncc1I. The van der Waals surface area contributed by atoms with Crippen molar-refractivity contribution in [2.75, 3.05) is 11.9 Å². The van der Waals surface area contributed by atoms with Crippen LogP contribution >= 0.6 is 45.8 Å². The second kappa shape index (κ2) is 6.72. The molecule has 0 saturated carbocycles. The van der Waals surface area contributed by atoms with Crippen LogP contribution in [0.1, 0.15) is 13.3 Å². The molecule has 0 spiro atoms. The molecular weight excluding hydrogens is 396 g/mol. The highest BCUT2D eigenvalue weighted by Crippen LogP contribution is 2.27. The Morgan fingerprint density at radius 2 is 2.05 bits per heavy atom. The Morgan fingerprint density at radius 3 is 2.74 bits per heavy atom. The minimum absolute atomic E-state index is 0.504. The third-order valence-electron chi connectivity index (χ3n) is 2.46. The first kappa shape index (κ1) is 14.8. The lowest BCUT2D eigenvalue weighted by Gasteiger charge is -2.08. The minimum Gasteiger partial charge on any atom is -0.369 e. The molecule has 3 nitrogen and oxygen atoms in total. The van der Waals surface area contributed by atoms with Crippen LogP contribution in [0.4, 0.5) is 5.82 Å². The molecule has 1 N–H and O–H groups in total. The zero-order chi connectivity index (χ0) is 13.8. The molecule has 0 fully saturated rings. The molecular formula is C13H12Cl2IN3. The Kier molecular flexibility index (Phi) is 5.24. The molecule has 1 heterocycles. The van der Waals surface area contributed by atoms with Crippen molar-refractivity contribution in [1.82, 2.24) is 9.97 Å². The van der Waals surface area contributed by atoms with Gasteiger partial charge in [0.15, 0.2) is 5.82 Å². The topological polar surface area (TPSA) is 37.8 Å². The van der Waals surface area contributed by atoms with Gasteiger partial charge in [-0.05, 0) is 47.2 Å². The van der Waals surface area contributed by atoms with Crippen LogP contribution in [0.3, 0.4) is 0 Å². The molecule has 0 atom stereocenters. The number of nitrogens with one attached hydrogen (secondary N) is 1. The summed E-state index contributed by atoms with van der Waals surface area (Å²) in [5.74, 6) is 1.48. The number of anilines is 1. The normalized spacial score (nSPS) is 10.5. The third kappa shape index (κ3) is 3.70. The predicted molar refractivity (Wildman–Crippen MR) is 89.0 cm³/mol. The lowest BCUT2D eigenvalue weighted by atomic mass is 10.2. The van der Waals surface area contributed by atoms with E-state index in [2.05, 4.69) is 44.8 Å². The molecule has 2 rings (SSSR count). The van der Waals surface area contributed by atoms with Crippen molar-refractivity contribution in [3.8, 4) is 11.4 Å². The van der Waals surface area contributed by atoms with E-state index in [0.717, 1.165) is 27.9 Å². The molecule has 0 aliphatic carbocycles. The van der Waals surface area contributed by atoms with Crippen LogP contribution in [0.5, 0.6) is 0 Å². The first-order valence-electron chi connectivity index (χ1n) is 5.83. The Hall–Kier alpha value is -0.590. The summed E-state index contributed by atoms with van der Waals surface area (Å²) in [7, 11) is 0. The highest BCUT2D eigenvalue weighted by Gasteiger charge is 2.08. The molecule has 1 aromatic carbocycles. The van der Waals surface area contributed by atoms with Crippen LogP contribution in [0.25, 0.3) is 11.4 Å². The Labute approximate surface area is 135 Å². The number of benzene rings is 1. The van der Waals surface area contributed by atoms with Gasteiger partial charge < -0.3 is 5.32 Å². The van der Waals surface area contributed by atoms with Crippen molar-refractivity contribution >= 4 is 51.6 Å². The van der Waals surface area contributed by atoms with Crippen LogP contribution in [0, 0.1) is 3.57 Å². The summed E-state index contributed by atoms with van der Waals surface area (Å²) in [4.78, 5) is 8.85. The lowest BCUT2D eigenvalue weighted by Crippen LogP contribution is -2.05. The van der Waals surface area contributed by atoms with Crippen molar-refractivity contribution in [2.24, 2.45) is 0 Å². The molecule has 2 aromatic rings. The van der Waals surface area contributed by atoms with Crippen LogP contribution in [0.15, 0.2) is 24.4 Å². The number of rotatable bonds is 4. The van der Waals surface area contributed by atoms with Gasteiger partial charge in [0, 0.05) is 18.3 Å². The summed E-state index contributed by atoms with van der Waals surface area (Å²) in [6, 6.07) is 5.38. The summed E-state index contributed by atoms with van der Waals surface area (Å²) in [5, 5.41) is 4.31. The van der Waals surface area contributed by atoms with Crippen molar-refractivity contribution < 1.29 is 0 Å². The molecule has 0 radical (unpaired) electrons. The van der Waals surface area contributed by atoms with Crippen LogP contribution in [0.2, 0.25) is 10.0 Å². The maximum atomic E-state index is 6.01. The molecule has 0 aliphatic rings. The maximum absolute atomic E-state index is 6.01. The van der Waals surface area contributed by atoms with E-state index in [0.29, 0.717) is 15.9 Å². The molecule has 0 saturated heterocycles. The highest BCUT2D eigenvalue weighted by molar-refractivity contribution is 14.1. The summed E-state index contributed by atoms with van der Waals surface area (Å²) < 4.78 is 0.995. The third-order valence-corrected chi connectivity index (χ3v) is 3.99. The second-order valence-electron chi connectivity index (χ2n) is 3.95. The number of halogens is 3. The van der Waals surface area contributed by atoms with Gasteiger partial charge in [0.05, 0.1) is 13.6 Å². The molecule has 0 amide bonds. The van der Waals surface area contributed by atoms with Crippen molar-refractivity contribution in [2.45, 2.75) is 13.3 Å². The number of hydrogen-bond acceptors (Lipinski definition) is 3.